The number of hydrogen-bond acceptors (Lipinski definition) is 1. The van der Waals surface area contributed by atoms with Crippen LogP contribution in [0.4, 0.5) is 14.5 Å². The average molecular weight is 339 g/mol. The van der Waals surface area contributed by atoms with Gasteiger partial charge in [-0.05, 0) is 34.7 Å². The summed E-state index contributed by atoms with van der Waals surface area (Å²) in [4.78, 5) is 6.98. The summed E-state index contributed by atoms with van der Waals surface area (Å²) < 4.78 is 26.6. The van der Waals surface area contributed by atoms with Gasteiger partial charge in [0.15, 0.2) is 17.6 Å². The summed E-state index contributed by atoms with van der Waals surface area (Å²) in [7, 11) is 0. The van der Waals surface area contributed by atoms with Gasteiger partial charge in [-0.3, -0.25) is 0 Å². The van der Waals surface area contributed by atoms with E-state index >= 15 is 0 Å². The molecule has 0 saturated heterocycles. The maximum absolute atomic E-state index is 13.3. The standard InChI is InChI=1S/C8H8F2IN5/c9-3-1-2-4(11)6(5(3)10)15-8(14)16-7(12)13/h1-2H,(H6,12,13,14,15,16). The monoisotopic (exact) mass is 339 g/mol. The number of guanidine groups is 2. The van der Waals surface area contributed by atoms with Crippen molar-refractivity contribution >= 4 is 40.2 Å². The number of halogens is 3. The molecule has 0 aliphatic heterocycles. The molecule has 6 N–H and O–H groups in total. The first-order valence-corrected chi connectivity index (χ1v) is 5.07. The molecule has 0 radical (unpaired) electrons. The largest absolute Gasteiger partial charge is 0.370 e. The molecule has 16 heavy (non-hydrogen) atoms. The van der Waals surface area contributed by atoms with E-state index < -0.39 is 11.6 Å². The van der Waals surface area contributed by atoms with Crippen LogP contribution in [0.25, 0.3) is 0 Å². The van der Waals surface area contributed by atoms with Crippen molar-refractivity contribution in [2.24, 2.45) is 27.2 Å². The van der Waals surface area contributed by atoms with Crippen LogP contribution in [0.15, 0.2) is 22.1 Å². The maximum atomic E-state index is 13.3. The Balaban J connectivity index is 3.24. The lowest BCUT2D eigenvalue weighted by molar-refractivity contribution is 0.510. The minimum atomic E-state index is -1.10. The van der Waals surface area contributed by atoms with E-state index in [1.54, 1.807) is 22.6 Å². The minimum absolute atomic E-state index is 0.233. The van der Waals surface area contributed by atoms with Gasteiger partial charge in [0, 0.05) is 3.57 Å². The topological polar surface area (TPSA) is 103 Å². The van der Waals surface area contributed by atoms with Gasteiger partial charge in [0.05, 0.1) is 0 Å². The molecule has 8 heteroatoms. The Hall–Kier alpha value is -1.45. The molecular weight excluding hydrogens is 331 g/mol. The van der Waals surface area contributed by atoms with Crippen molar-refractivity contribution in [3.8, 4) is 0 Å². The van der Waals surface area contributed by atoms with Gasteiger partial charge in [-0.15, -0.1) is 0 Å². The smallest absolute Gasteiger partial charge is 0.223 e. The lowest BCUT2D eigenvalue weighted by atomic mass is 10.3. The molecule has 0 fully saturated rings. The molecule has 0 unspecified atom stereocenters. The highest BCUT2D eigenvalue weighted by atomic mass is 127. The Bertz CT molecular complexity index is 468. The summed E-state index contributed by atoms with van der Waals surface area (Å²) in [5.41, 5.74) is 15.2. The fourth-order valence-electron chi connectivity index (χ4n) is 0.891. The number of benzene rings is 1. The van der Waals surface area contributed by atoms with Gasteiger partial charge in [0.1, 0.15) is 5.69 Å². The van der Waals surface area contributed by atoms with E-state index in [1.165, 1.54) is 6.07 Å². The first kappa shape index (κ1) is 12.6. The normalized spacial score (nSPS) is 11.3. The Kier molecular flexibility index (Phi) is 3.99. The van der Waals surface area contributed by atoms with Gasteiger partial charge >= 0.3 is 0 Å². The van der Waals surface area contributed by atoms with Crippen LogP contribution in [-0.2, 0) is 0 Å². The van der Waals surface area contributed by atoms with E-state index in [4.69, 9.17) is 17.2 Å². The number of aliphatic imine (C=N–C) groups is 2. The van der Waals surface area contributed by atoms with Gasteiger partial charge in [-0.1, -0.05) is 0 Å². The third-order valence-corrected chi connectivity index (χ3v) is 2.36. The molecule has 1 aromatic rings. The second-order valence-electron chi connectivity index (χ2n) is 2.70. The first-order chi connectivity index (χ1) is 7.41. The van der Waals surface area contributed by atoms with E-state index in [-0.39, 0.29) is 17.6 Å². The number of hydrogen-bond donors (Lipinski definition) is 3. The first-order valence-electron chi connectivity index (χ1n) is 3.99. The van der Waals surface area contributed by atoms with E-state index in [9.17, 15) is 8.78 Å². The SMILES string of the molecule is NC(N)=NC(N)=Nc1c(I)ccc(F)c1F. The third-order valence-electron chi connectivity index (χ3n) is 1.49. The van der Waals surface area contributed by atoms with Crippen molar-refractivity contribution in [2.45, 2.75) is 0 Å². The van der Waals surface area contributed by atoms with E-state index in [2.05, 4.69) is 9.98 Å². The Morgan fingerprint density at radius 3 is 2.38 bits per heavy atom. The number of nitrogens with two attached hydrogens (primary N) is 3. The predicted octanol–water partition coefficient (Wildman–Crippen LogP) is 0.789. The molecule has 0 atom stereocenters. The molecule has 5 nitrogen and oxygen atoms in total. The fourth-order valence-corrected chi connectivity index (χ4v) is 1.43. The van der Waals surface area contributed by atoms with Crippen molar-refractivity contribution in [2.75, 3.05) is 0 Å². The van der Waals surface area contributed by atoms with Crippen LogP contribution in [0.3, 0.4) is 0 Å². The molecule has 0 spiro atoms. The fraction of sp³-hybridized carbons (Fsp3) is 0. The van der Waals surface area contributed by atoms with Crippen molar-refractivity contribution < 1.29 is 8.78 Å². The van der Waals surface area contributed by atoms with Crippen LogP contribution in [0, 0.1) is 15.2 Å². The zero-order valence-corrected chi connectivity index (χ0v) is 10.1. The van der Waals surface area contributed by atoms with Gasteiger partial charge in [-0.2, -0.15) is 4.99 Å². The second kappa shape index (κ2) is 5.05. The van der Waals surface area contributed by atoms with Crippen LogP contribution in [0.5, 0.6) is 0 Å². The van der Waals surface area contributed by atoms with Crippen molar-refractivity contribution in [3.05, 3.63) is 27.3 Å². The molecule has 86 valence electrons. The Morgan fingerprint density at radius 1 is 1.19 bits per heavy atom. The van der Waals surface area contributed by atoms with Crippen LogP contribution < -0.4 is 17.2 Å². The summed E-state index contributed by atoms with van der Waals surface area (Å²) in [6.45, 7) is 0. The number of rotatable bonds is 1. The highest BCUT2D eigenvalue weighted by Crippen LogP contribution is 2.26. The molecule has 0 aromatic heterocycles. The zero-order chi connectivity index (χ0) is 12.3. The predicted molar refractivity (Wildman–Crippen MR) is 66.2 cm³/mol. The minimum Gasteiger partial charge on any atom is -0.370 e. The summed E-state index contributed by atoms with van der Waals surface area (Å²) in [6, 6.07) is 2.35. The van der Waals surface area contributed by atoms with E-state index in [1.807, 2.05) is 0 Å². The molecule has 0 amide bonds. The van der Waals surface area contributed by atoms with Crippen LogP contribution in [0.2, 0.25) is 0 Å². The summed E-state index contributed by atoms with van der Waals surface area (Å²) in [5.74, 6) is -2.77. The molecule has 1 rings (SSSR count). The van der Waals surface area contributed by atoms with E-state index in [0.29, 0.717) is 3.57 Å². The summed E-state index contributed by atoms with van der Waals surface area (Å²) >= 11 is 1.79. The van der Waals surface area contributed by atoms with Crippen molar-refractivity contribution in [3.63, 3.8) is 0 Å². The van der Waals surface area contributed by atoms with Crippen LogP contribution in [-0.4, -0.2) is 11.9 Å². The lowest BCUT2D eigenvalue weighted by Crippen LogP contribution is -2.26. The Labute approximate surface area is 104 Å². The zero-order valence-electron chi connectivity index (χ0n) is 7.92. The van der Waals surface area contributed by atoms with E-state index in [0.717, 1.165) is 6.07 Å². The summed E-state index contributed by atoms with van der Waals surface area (Å²) in [5, 5.41) is 0. The highest BCUT2D eigenvalue weighted by Gasteiger charge is 2.11. The summed E-state index contributed by atoms with van der Waals surface area (Å²) in [6.07, 6.45) is 0. The molecule has 0 aliphatic carbocycles. The Morgan fingerprint density at radius 2 is 1.81 bits per heavy atom. The molecular formula is C8H8F2IN5. The third kappa shape index (κ3) is 3.02. The highest BCUT2D eigenvalue weighted by molar-refractivity contribution is 14.1. The molecule has 0 aliphatic rings. The van der Waals surface area contributed by atoms with Gasteiger partial charge < -0.3 is 17.2 Å². The van der Waals surface area contributed by atoms with Gasteiger partial charge in [0.25, 0.3) is 0 Å². The van der Waals surface area contributed by atoms with Crippen LogP contribution >= 0.6 is 22.6 Å². The molecule has 0 saturated carbocycles. The molecule has 0 bridgehead atoms. The second-order valence-corrected chi connectivity index (χ2v) is 3.86. The van der Waals surface area contributed by atoms with Crippen molar-refractivity contribution in [1.29, 1.82) is 0 Å². The quantitative estimate of drug-likeness (QED) is 0.305. The number of nitrogens with zero attached hydrogens (tertiary/aromatic N) is 2. The lowest BCUT2D eigenvalue weighted by Gasteiger charge is -2.02. The van der Waals surface area contributed by atoms with Crippen molar-refractivity contribution in [1.82, 2.24) is 0 Å². The van der Waals surface area contributed by atoms with Crippen LogP contribution in [0.1, 0.15) is 0 Å². The molecule has 1 aromatic carbocycles. The maximum Gasteiger partial charge on any atom is 0.223 e. The van der Waals surface area contributed by atoms with Gasteiger partial charge in [0.2, 0.25) is 5.96 Å². The van der Waals surface area contributed by atoms with Gasteiger partial charge in [-0.25, -0.2) is 13.8 Å². The average Bonchev–Trinajstić information content (AvgIpc) is 2.17. The molecule has 0 heterocycles.